The molecule has 1 saturated heterocycles. The molecule has 0 spiro atoms. The molecule has 1 aromatic carbocycles. The zero-order chi connectivity index (χ0) is 14.8. The van der Waals surface area contributed by atoms with Crippen molar-refractivity contribution >= 4 is 15.9 Å². The molecule has 2 N–H and O–H groups in total. The highest BCUT2D eigenvalue weighted by Gasteiger charge is 2.36. The summed E-state index contributed by atoms with van der Waals surface area (Å²) in [4.78, 5) is 2.63. The Morgan fingerprint density at radius 1 is 1.30 bits per heavy atom. The van der Waals surface area contributed by atoms with E-state index < -0.39 is 0 Å². The maximum Gasteiger partial charge on any atom is 0.0346 e. The molecule has 20 heavy (non-hydrogen) atoms. The van der Waals surface area contributed by atoms with Crippen molar-refractivity contribution in [1.82, 2.24) is 4.90 Å². The summed E-state index contributed by atoms with van der Waals surface area (Å²) in [6.07, 6.45) is 3.60. The van der Waals surface area contributed by atoms with Crippen molar-refractivity contribution in [2.45, 2.75) is 51.6 Å². The van der Waals surface area contributed by atoms with Gasteiger partial charge in [-0.15, -0.1) is 0 Å². The molecular weight excluding hydrogens is 312 g/mol. The van der Waals surface area contributed by atoms with Crippen LogP contribution in [-0.4, -0.2) is 29.6 Å². The summed E-state index contributed by atoms with van der Waals surface area (Å²) < 4.78 is 1.14. The van der Waals surface area contributed by atoms with E-state index in [9.17, 15) is 0 Å². The Balaban J connectivity index is 2.13. The van der Waals surface area contributed by atoms with E-state index in [0.29, 0.717) is 12.6 Å². The first-order valence-electron chi connectivity index (χ1n) is 7.66. The number of likely N-dealkylation sites (tertiary alicyclic amines) is 1. The van der Waals surface area contributed by atoms with Crippen molar-refractivity contribution in [2.75, 3.05) is 13.1 Å². The highest BCUT2D eigenvalue weighted by Crippen LogP contribution is 2.31. The quantitative estimate of drug-likeness (QED) is 0.903. The lowest BCUT2D eigenvalue weighted by atomic mass is 9.84. The summed E-state index contributed by atoms with van der Waals surface area (Å²) in [5.41, 5.74) is 7.59. The van der Waals surface area contributed by atoms with Gasteiger partial charge in [-0.3, -0.25) is 4.90 Å². The number of nitrogens with two attached hydrogens (primary N) is 1. The highest BCUT2D eigenvalue weighted by atomic mass is 79.9. The molecule has 1 aliphatic rings. The van der Waals surface area contributed by atoms with E-state index in [1.807, 2.05) is 0 Å². The molecule has 1 aliphatic heterocycles. The fourth-order valence-corrected chi connectivity index (χ4v) is 3.81. The molecule has 0 saturated carbocycles. The third-order valence-corrected chi connectivity index (χ3v) is 5.30. The molecule has 0 aliphatic carbocycles. The second kappa shape index (κ2) is 6.59. The van der Waals surface area contributed by atoms with E-state index in [1.54, 1.807) is 0 Å². The van der Waals surface area contributed by atoms with Gasteiger partial charge < -0.3 is 5.73 Å². The molecular formula is C17H27BrN2. The molecule has 3 unspecified atom stereocenters. The monoisotopic (exact) mass is 338 g/mol. The van der Waals surface area contributed by atoms with E-state index in [-0.39, 0.29) is 5.54 Å². The van der Waals surface area contributed by atoms with Crippen LogP contribution in [0.4, 0.5) is 0 Å². The third kappa shape index (κ3) is 3.63. The molecule has 1 heterocycles. The molecule has 0 aromatic heterocycles. The first-order valence-corrected chi connectivity index (χ1v) is 8.45. The van der Waals surface area contributed by atoms with Crippen LogP contribution in [0, 0.1) is 5.92 Å². The predicted octanol–water partition coefficient (Wildman–Crippen LogP) is 3.83. The van der Waals surface area contributed by atoms with Gasteiger partial charge >= 0.3 is 0 Å². The Bertz CT molecular complexity index is 431. The average molecular weight is 339 g/mol. The zero-order valence-corrected chi connectivity index (χ0v) is 14.5. The summed E-state index contributed by atoms with van der Waals surface area (Å²) in [7, 11) is 0. The van der Waals surface area contributed by atoms with Gasteiger partial charge in [0.25, 0.3) is 0 Å². The Labute approximate surface area is 131 Å². The number of rotatable bonds is 4. The first-order chi connectivity index (χ1) is 9.44. The second-order valence-electron chi connectivity index (χ2n) is 6.68. The number of benzene rings is 1. The summed E-state index contributed by atoms with van der Waals surface area (Å²) in [5, 5.41) is 0. The SMILES string of the molecule is CC1CCN(C(C)(CN)Cc2ccc(Br)cc2)C(C)C1. The summed E-state index contributed by atoms with van der Waals surface area (Å²) in [5.74, 6) is 0.843. The van der Waals surface area contributed by atoms with Gasteiger partial charge in [-0.2, -0.15) is 0 Å². The minimum atomic E-state index is 0.0629. The lowest BCUT2D eigenvalue weighted by Gasteiger charge is -2.48. The van der Waals surface area contributed by atoms with Crippen LogP contribution in [0.1, 0.15) is 39.2 Å². The van der Waals surface area contributed by atoms with Gasteiger partial charge in [0.15, 0.2) is 0 Å². The summed E-state index contributed by atoms with van der Waals surface area (Å²) >= 11 is 3.50. The molecule has 0 radical (unpaired) electrons. The van der Waals surface area contributed by atoms with E-state index in [4.69, 9.17) is 5.73 Å². The minimum Gasteiger partial charge on any atom is -0.329 e. The van der Waals surface area contributed by atoms with Gasteiger partial charge in [0.2, 0.25) is 0 Å². The normalized spacial score (nSPS) is 27.2. The molecule has 0 bridgehead atoms. The number of hydrogen-bond donors (Lipinski definition) is 1. The van der Waals surface area contributed by atoms with Gasteiger partial charge in [0.1, 0.15) is 0 Å². The van der Waals surface area contributed by atoms with Gasteiger partial charge in [-0.05, 0) is 63.3 Å². The van der Waals surface area contributed by atoms with Crippen molar-refractivity contribution in [3.8, 4) is 0 Å². The number of hydrogen-bond acceptors (Lipinski definition) is 2. The molecule has 0 amide bonds. The van der Waals surface area contributed by atoms with Crippen LogP contribution in [0.2, 0.25) is 0 Å². The van der Waals surface area contributed by atoms with Crippen LogP contribution in [0.3, 0.4) is 0 Å². The molecule has 1 fully saturated rings. The third-order valence-electron chi connectivity index (χ3n) is 4.77. The smallest absolute Gasteiger partial charge is 0.0346 e. The fraction of sp³-hybridized carbons (Fsp3) is 0.647. The van der Waals surface area contributed by atoms with E-state index in [1.165, 1.54) is 24.9 Å². The molecule has 3 atom stereocenters. The predicted molar refractivity (Wildman–Crippen MR) is 89.9 cm³/mol. The average Bonchev–Trinajstić information content (AvgIpc) is 2.41. The van der Waals surface area contributed by atoms with E-state index in [2.05, 4.69) is 65.9 Å². The summed E-state index contributed by atoms with van der Waals surface area (Å²) in [6, 6.07) is 9.27. The maximum atomic E-state index is 6.16. The fourth-order valence-electron chi connectivity index (χ4n) is 3.54. The summed E-state index contributed by atoms with van der Waals surface area (Å²) in [6.45, 7) is 8.92. The van der Waals surface area contributed by atoms with Crippen molar-refractivity contribution < 1.29 is 0 Å². The number of halogens is 1. The topological polar surface area (TPSA) is 29.3 Å². The standard InChI is InChI=1S/C17H27BrN2/c1-13-8-9-20(14(2)10-13)17(3,12-19)11-15-4-6-16(18)7-5-15/h4-7,13-14H,8-12,19H2,1-3H3. The van der Waals surface area contributed by atoms with Crippen LogP contribution in [0.15, 0.2) is 28.7 Å². The minimum absolute atomic E-state index is 0.0629. The van der Waals surface area contributed by atoms with Crippen LogP contribution in [-0.2, 0) is 6.42 Å². The van der Waals surface area contributed by atoms with Crippen molar-refractivity contribution in [3.63, 3.8) is 0 Å². The van der Waals surface area contributed by atoms with Crippen LogP contribution in [0.25, 0.3) is 0 Å². The molecule has 112 valence electrons. The molecule has 2 rings (SSSR count). The molecule has 1 aromatic rings. The van der Waals surface area contributed by atoms with Crippen molar-refractivity contribution in [1.29, 1.82) is 0 Å². The number of piperidine rings is 1. The number of nitrogens with zero attached hydrogens (tertiary/aromatic N) is 1. The van der Waals surface area contributed by atoms with Gasteiger partial charge in [0, 0.05) is 22.6 Å². The van der Waals surface area contributed by atoms with E-state index >= 15 is 0 Å². The van der Waals surface area contributed by atoms with Gasteiger partial charge in [-0.1, -0.05) is 35.0 Å². The Kier molecular flexibility index (Phi) is 5.27. The maximum absolute atomic E-state index is 6.16. The van der Waals surface area contributed by atoms with E-state index in [0.717, 1.165) is 16.8 Å². The lowest BCUT2D eigenvalue weighted by molar-refractivity contribution is 0.0257. The lowest BCUT2D eigenvalue weighted by Crippen LogP contribution is -2.58. The van der Waals surface area contributed by atoms with Gasteiger partial charge in [-0.25, -0.2) is 0 Å². The van der Waals surface area contributed by atoms with Crippen LogP contribution >= 0.6 is 15.9 Å². The first kappa shape index (κ1) is 16.0. The largest absolute Gasteiger partial charge is 0.329 e. The van der Waals surface area contributed by atoms with Crippen molar-refractivity contribution in [2.24, 2.45) is 11.7 Å². The Hall–Kier alpha value is -0.380. The molecule has 2 nitrogen and oxygen atoms in total. The van der Waals surface area contributed by atoms with Crippen LogP contribution < -0.4 is 5.73 Å². The van der Waals surface area contributed by atoms with Crippen molar-refractivity contribution in [3.05, 3.63) is 34.3 Å². The molecule has 3 heteroatoms. The zero-order valence-electron chi connectivity index (χ0n) is 12.9. The Morgan fingerprint density at radius 2 is 1.95 bits per heavy atom. The second-order valence-corrected chi connectivity index (χ2v) is 7.59. The van der Waals surface area contributed by atoms with Crippen LogP contribution in [0.5, 0.6) is 0 Å². The Morgan fingerprint density at radius 3 is 2.50 bits per heavy atom. The highest BCUT2D eigenvalue weighted by molar-refractivity contribution is 9.10. The van der Waals surface area contributed by atoms with Gasteiger partial charge in [0.05, 0.1) is 0 Å².